The van der Waals surface area contributed by atoms with Crippen LogP contribution in [0.3, 0.4) is 0 Å². The molecule has 2 amide bonds. The second-order valence-corrected chi connectivity index (χ2v) is 12.8. The van der Waals surface area contributed by atoms with E-state index in [1.807, 2.05) is 4.90 Å². The van der Waals surface area contributed by atoms with Gasteiger partial charge in [0.1, 0.15) is 0 Å². The van der Waals surface area contributed by atoms with Crippen LogP contribution in [0.25, 0.3) is 0 Å². The van der Waals surface area contributed by atoms with E-state index in [0.29, 0.717) is 62.8 Å². The van der Waals surface area contributed by atoms with Gasteiger partial charge in [0, 0.05) is 49.7 Å². The van der Waals surface area contributed by atoms with Gasteiger partial charge in [0.2, 0.25) is 5.91 Å². The van der Waals surface area contributed by atoms with Crippen LogP contribution in [0.4, 0.5) is 5.13 Å². The molecule has 1 N–H and O–H groups in total. The number of carbonyl (C=O) groups excluding carboxylic acids is 2. The molecule has 5 rings (SSSR count). The Bertz CT molecular complexity index is 1280. The lowest BCUT2D eigenvalue weighted by molar-refractivity contribution is -0.134. The van der Waals surface area contributed by atoms with Gasteiger partial charge in [0.25, 0.3) is 5.91 Å². The van der Waals surface area contributed by atoms with Crippen molar-refractivity contribution in [3.8, 4) is 0 Å². The predicted molar refractivity (Wildman–Crippen MR) is 137 cm³/mol. The summed E-state index contributed by atoms with van der Waals surface area (Å²) < 4.78 is 30.4. The van der Waals surface area contributed by atoms with Gasteiger partial charge in [0.05, 0.1) is 29.9 Å². The number of nitrogens with one attached hydrogen (secondary N) is 1. The molecule has 1 aromatic heterocycles. The van der Waals surface area contributed by atoms with Gasteiger partial charge in [0.15, 0.2) is 26.8 Å². The van der Waals surface area contributed by atoms with Gasteiger partial charge >= 0.3 is 0 Å². The van der Waals surface area contributed by atoms with Crippen molar-refractivity contribution in [1.82, 2.24) is 14.8 Å². The number of aromatic nitrogens is 1. The maximum Gasteiger partial charge on any atom is 0.280 e. The van der Waals surface area contributed by atoms with E-state index in [1.165, 1.54) is 23.5 Å². The number of oxime groups is 1. The highest BCUT2D eigenvalue weighted by Gasteiger charge is 2.37. The number of nitrogens with zero attached hydrogens (tertiary/aromatic N) is 4. The minimum Gasteiger partial charge on any atom is -0.389 e. The van der Waals surface area contributed by atoms with Crippen LogP contribution in [0.1, 0.15) is 29.7 Å². The average Bonchev–Trinajstić information content (AvgIpc) is 3.46. The van der Waals surface area contributed by atoms with Crippen molar-refractivity contribution in [2.24, 2.45) is 5.16 Å². The number of amides is 2. The molecule has 13 heteroatoms. The lowest BCUT2D eigenvalue weighted by Gasteiger charge is -2.31. The average molecular weight is 548 g/mol. The highest BCUT2D eigenvalue weighted by atomic mass is 32.2. The standard InChI is InChI=1S/C24H29N5O6S2/c1-28-9-10-29(14-21(28)30)13-18-12-25-24(36-18)26-23(31)22(27-35-17-8-11-34-15-17)16-2-4-19(5-3-16)37(32,33)20-6-7-20/h2-5,12,17,20H,6-11,13-15H2,1H3,(H,25,26,31)/b27-22+/t17-/m1/s1. The third-order valence-corrected chi connectivity index (χ3v) is 9.68. The molecular formula is C24H29N5O6S2. The van der Waals surface area contributed by atoms with Gasteiger partial charge < -0.3 is 14.5 Å². The summed E-state index contributed by atoms with van der Waals surface area (Å²) in [6.07, 6.45) is 3.45. The number of thiazole rings is 1. The highest BCUT2D eigenvalue weighted by molar-refractivity contribution is 7.92. The first-order valence-corrected chi connectivity index (χ1v) is 14.5. The predicted octanol–water partition coefficient (Wildman–Crippen LogP) is 1.50. The highest BCUT2D eigenvalue weighted by Crippen LogP contribution is 2.33. The monoisotopic (exact) mass is 547 g/mol. The van der Waals surface area contributed by atoms with E-state index in [1.54, 1.807) is 30.3 Å². The van der Waals surface area contributed by atoms with Gasteiger partial charge in [-0.2, -0.15) is 0 Å². The number of rotatable bonds is 9. The van der Waals surface area contributed by atoms with E-state index >= 15 is 0 Å². The first-order valence-electron chi connectivity index (χ1n) is 12.2. The summed E-state index contributed by atoms with van der Waals surface area (Å²) in [5.74, 6) is -0.443. The number of ether oxygens (including phenoxy) is 1. The second-order valence-electron chi connectivity index (χ2n) is 9.41. The Kier molecular flexibility index (Phi) is 7.56. The smallest absolute Gasteiger partial charge is 0.280 e. The number of sulfone groups is 1. The molecule has 3 fully saturated rings. The fraction of sp³-hybridized carbons (Fsp3) is 0.500. The zero-order valence-electron chi connectivity index (χ0n) is 20.5. The van der Waals surface area contributed by atoms with Crippen LogP contribution in [0.2, 0.25) is 0 Å². The molecule has 3 heterocycles. The third-order valence-electron chi connectivity index (χ3n) is 6.51. The molecular weight excluding hydrogens is 518 g/mol. The van der Waals surface area contributed by atoms with Crippen molar-refractivity contribution in [1.29, 1.82) is 0 Å². The van der Waals surface area contributed by atoms with Crippen LogP contribution < -0.4 is 5.32 Å². The normalized spacial score (nSPS) is 21.3. The summed E-state index contributed by atoms with van der Waals surface area (Å²) in [5, 5.41) is 6.98. The largest absolute Gasteiger partial charge is 0.389 e. The number of likely N-dealkylation sites (N-methyl/N-ethyl adjacent to an activating group) is 1. The van der Waals surface area contributed by atoms with Crippen molar-refractivity contribution >= 4 is 43.8 Å². The Hall–Kier alpha value is -2.87. The first-order chi connectivity index (χ1) is 17.8. The zero-order valence-corrected chi connectivity index (χ0v) is 22.1. The maximum absolute atomic E-state index is 13.2. The van der Waals surface area contributed by atoms with E-state index in [9.17, 15) is 18.0 Å². The molecule has 1 aromatic carbocycles. The van der Waals surface area contributed by atoms with Gasteiger partial charge in [-0.1, -0.05) is 17.3 Å². The topological polar surface area (TPSA) is 130 Å². The fourth-order valence-corrected chi connectivity index (χ4v) is 6.59. The van der Waals surface area contributed by atoms with Crippen LogP contribution in [-0.2, 0) is 35.5 Å². The summed E-state index contributed by atoms with van der Waals surface area (Å²) in [4.78, 5) is 40.0. The fourth-order valence-electron chi connectivity index (χ4n) is 4.08. The zero-order chi connectivity index (χ0) is 26.0. The van der Waals surface area contributed by atoms with Gasteiger partial charge in [-0.05, 0) is 25.0 Å². The molecule has 1 aliphatic carbocycles. The van der Waals surface area contributed by atoms with Crippen LogP contribution in [-0.4, -0.2) is 92.0 Å². The number of piperazine rings is 1. The molecule has 1 atom stereocenters. The lowest BCUT2D eigenvalue weighted by atomic mass is 10.1. The molecule has 2 aliphatic heterocycles. The Balaban J connectivity index is 1.29. The molecule has 2 saturated heterocycles. The Labute approximate surface area is 219 Å². The van der Waals surface area contributed by atoms with Crippen molar-refractivity contribution in [2.45, 2.75) is 42.1 Å². The molecule has 0 unspecified atom stereocenters. The van der Waals surface area contributed by atoms with Gasteiger partial charge in [-0.15, -0.1) is 11.3 Å². The summed E-state index contributed by atoms with van der Waals surface area (Å²) >= 11 is 1.32. The van der Waals surface area contributed by atoms with Crippen LogP contribution in [0.5, 0.6) is 0 Å². The van der Waals surface area contributed by atoms with Crippen LogP contribution in [0.15, 0.2) is 40.5 Å². The molecule has 1 saturated carbocycles. The number of hydrogen-bond acceptors (Lipinski definition) is 10. The lowest BCUT2D eigenvalue weighted by Crippen LogP contribution is -2.47. The molecule has 37 heavy (non-hydrogen) atoms. The van der Waals surface area contributed by atoms with E-state index in [4.69, 9.17) is 9.57 Å². The van der Waals surface area contributed by atoms with Crippen molar-refractivity contribution < 1.29 is 27.6 Å². The minimum absolute atomic E-state index is 0.0173. The third kappa shape index (κ3) is 6.17. The second kappa shape index (κ2) is 10.9. The summed E-state index contributed by atoms with van der Waals surface area (Å²) in [5.41, 5.74) is 0.447. The van der Waals surface area contributed by atoms with Crippen LogP contribution >= 0.6 is 11.3 Å². The molecule has 198 valence electrons. The first kappa shape index (κ1) is 25.8. The molecule has 2 aromatic rings. The number of carbonyl (C=O) groups is 2. The van der Waals surface area contributed by atoms with E-state index in [0.717, 1.165) is 11.4 Å². The Morgan fingerprint density at radius 2 is 2.03 bits per heavy atom. The maximum atomic E-state index is 13.2. The SMILES string of the molecule is CN1CCN(Cc2cnc(NC(=O)/C(=N/O[C@@H]3CCOC3)c3ccc(S(=O)(=O)C4CC4)cc3)s2)CC1=O. The Morgan fingerprint density at radius 1 is 1.24 bits per heavy atom. The molecule has 0 spiro atoms. The Morgan fingerprint density at radius 3 is 2.70 bits per heavy atom. The molecule has 0 bridgehead atoms. The van der Waals surface area contributed by atoms with Crippen molar-refractivity contribution in [2.75, 3.05) is 45.2 Å². The van der Waals surface area contributed by atoms with Crippen molar-refractivity contribution in [3.63, 3.8) is 0 Å². The molecule has 3 aliphatic rings. The summed E-state index contributed by atoms with van der Waals surface area (Å²) in [6, 6.07) is 6.15. The van der Waals surface area contributed by atoms with Crippen LogP contribution in [0, 0.1) is 0 Å². The van der Waals surface area contributed by atoms with Gasteiger partial charge in [-0.3, -0.25) is 19.8 Å². The molecule has 11 nitrogen and oxygen atoms in total. The quantitative estimate of drug-likeness (QED) is 0.369. The number of hydrogen-bond donors (Lipinski definition) is 1. The van der Waals surface area contributed by atoms with Crippen molar-refractivity contribution in [3.05, 3.63) is 40.9 Å². The summed E-state index contributed by atoms with van der Waals surface area (Å²) in [7, 11) is -1.55. The van der Waals surface area contributed by atoms with E-state index in [2.05, 4.69) is 15.5 Å². The van der Waals surface area contributed by atoms with E-state index < -0.39 is 15.7 Å². The van der Waals surface area contributed by atoms with Gasteiger partial charge in [-0.25, -0.2) is 13.4 Å². The van der Waals surface area contributed by atoms with E-state index in [-0.39, 0.29) is 27.9 Å². The minimum atomic E-state index is -3.34. The number of benzene rings is 1. The summed E-state index contributed by atoms with van der Waals surface area (Å²) in [6.45, 7) is 3.32. The number of anilines is 1. The molecule has 0 radical (unpaired) electrons.